The van der Waals surface area contributed by atoms with E-state index in [1.807, 2.05) is 14.0 Å². The summed E-state index contributed by atoms with van der Waals surface area (Å²) >= 11 is 0. The molecule has 2 aromatic rings. The molecule has 136 valence electrons. The zero-order valence-corrected chi connectivity index (χ0v) is 16.2. The molecule has 1 aliphatic rings. The third-order valence-electron chi connectivity index (χ3n) is 4.87. The Hall–Kier alpha value is -1.73. The van der Waals surface area contributed by atoms with Gasteiger partial charge in [-0.15, -0.1) is 0 Å². The number of aryl methyl sites for hydroxylation is 1. The van der Waals surface area contributed by atoms with Gasteiger partial charge in [0.2, 0.25) is 5.95 Å². The Labute approximate surface area is 149 Å². The molecule has 6 nitrogen and oxygen atoms in total. The van der Waals surface area contributed by atoms with Crippen LogP contribution in [0.15, 0.2) is 23.1 Å². The van der Waals surface area contributed by atoms with Gasteiger partial charge >= 0.3 is 0 Å². The molecule has 0 spiro atoms. The second-order valence-electron chi connectivity index (χ2n) is 7.21. The zero-order chi connectivity index (χ0) is 18.2. The van der Waals surface area contributed by atoms with Crippen molar-refractivity contribution in [1.82, 2.24) is 14.9 Å². The van der Waals surface area contributed by atoms with Crippen LogP contribution in [0.3, 0.4) is 0 Å². The van der Waals surface area contributed by atoms with Gasteiger partial charge in [-0.05, 0) is 57.5 Å². The number of fused-ring (bicyclic) bond motifs is 1. The third kappa shape index (κ3) is 4.10. The van der Waals surface area contributed by atoms with Crippen molar-refractivity contribution < 1.29 is 8.42 Å². The van der Waals surface area contributed by atoms with Crippen molar-refractivity contribution in [3.63, 3.8) is 0 Å². The van der Waals surface area contributed by atoms with Crippen LogP contribution in [0.2, 0.25) is 0 Å². The first-order chi connectivity index (χ1) is 11.7. The van der Waals surface area contributed by atoms with E-state index in [1.165, 1.54) is 25.6 Å². The minimum Gasteiger partial charge on any atom is -0.344 e. The highest BCUT2D eigenvalue weighted by molar-refractivity contribution is 7.90. The topological polar surface area (TPSA) is 66.4 Å². The predicted molar refractivity (Wildman–Crippen MR) is 101 cm³/mol. The van der Waals surface area contributed by atoms with E-state index < -0.39 is 9.84 Å². The number of aromatic nitrogens is 2. The van der Waals surface area contributed by atoms with Crippen molar-refractivity contribution in [2.75, 3.05) is 44.9 Å². The molecule has 0 radical (unpaired) electrons. The lowest BCUT2D eigenvalue weighted by Crippen LogP contribution is -2.38. The maximum atomic E-state index is 11.8. The van der Waals surface area contributed by atoms with Crippen molar-refractivity contribution >= 4 is 26.7 Å². The molecule has 25 heavy (non-hydrogen) atoms. The maximum Gasteiger partial charge on any atom is 0.225 e. The molecule has 1 atom stereocenters. The number of piperidine rings is 1. The van der Waals surface area contributed by atoms with Crippen LogP contribution in [0, 0.1) is 12.8 Å². The number of likely N-dealkylation sites (tertiary alicyclic amines) is 1. The second-order valence-corrected chi connectivity index (χ2v) is 9.23. The van der Waals surface area contributed by atoms with Gasteiger partial charge < -0.3 is 9.80 Å². The van der Waals surface area contributed by atoms with Crippen LogP contribution < -0.4 is 4.90 Å². The fourth-order valence-electron chi connectivity index (χ4n) is 3.55. The molecule has 1 aromatic carbocycles. The Morgan fingerprint density at radius 3 is 2.76 bits per heavy atom. The highest BCUT2D eigenvalue weighted by Gasteiger charge is 2.20. The lowest BCUT2D eigenvalue weighted by Gasteiger charge is -2.32. The summed E-state index contributed by atoms with van der Waals surface area (Å²) < 4.78 is 23.6. The summed E-state index contributed by atoms with van der Waals surface area (Å²) in [5.74, 6) is 1.26. The van der Waals surface area contributed by atoms with Crippen molar-refractivity contribution in [3.8, 4) is 0 Å². The molecular formula is C18H26N4O2S. The number of hydrogen-bond donors (Lipinski definition) is 0. The van der Waals surface area contributed by atoms with Crippen LogP contribution in [0.5, 0.6) is 0 Å². The van der Waals surface area contributed by atoms with E-state index in [1.54, 1.807) is 18.2 Å². The van der Waals surface area contributed by atoms with E-state index in [0.717, 1.165) is 24.2 Å². The Morgan fingerprint density at radius 2 is 2.08 bits per heavy atom. The number of rotatable bonds is 4. The number of sulfone groups is 1. The average molecular weight is 362 g/mol. The van der Waals surface area contributed by atoms with E-state index >= 15 is 0 Å². The molecule has 0 unspecified atom stereocenters. The van der Waals surface area contributed by atoms with E-state index in [0.29, 0.717) is 22.3 Å². The van der Waals surface area contributed by atoms with Crippen LogP contribution in [0.1, 0.15) is 18.5 Å². The van der Waals surface area contributed by atoms with Gasteiger partial charge in [-0.3, -0.25) is 0 Å². The first-order valence-electron chi connectivity index (χ1n) is 8.62. The Kier molecular flexibility index (Phi) is 4.97. The van der Waals surface area contributed by atoms with Crippen molar-refractivity contribution in [3.05, 3.63) is 23.9 Å². The number of nitrogens with zero attached hydrogens (tertiary/aromatic N) is 4. The summed E-state index contributed by atoms with van der Waals surface area (Å²) in [4.78, 5) is 14.0. The molecular weight excluding hydrogens is 336 g/mol. The van der Waals surface area contributed by atoms with Crippen molar-refractivity contribution in [2.45, 2.75) is 24.7 Å². The normalized spacial score (nSPS) is 19.3. The van der Waals surface area contributed by atoms with Gasteiger partial charge in [0.05, 0.1) is 16.1 Å². The molecule has 0 aliphatic carbocycles. The van der Waals surface area contributed by atoms with Gasteiger partial charge in [0.1, 0.15) is 0 Å². The summed E-state index contributed by atoms with van der Waals surface area (Å²) in [6, 6.07) is 5.06. The Balaban J connectivity index is 1.90. The predicted octanol–water partition coefficient (Wildman–Crippen LogP) is 2.12. The lowest BCUT2D eigenvalue weighted by atomic mass is 9.98. The monoisotopic (exact) mass is 362 g/mol. The quantitative estimate of drug-likeness (QED) is 0.830. The van der Waals surface area contributed by atoms with Crippen LogP contribution >= 0.6 is 0 Å². The molecule has 7 heteroatoms. The van der Waals surface area contributed by atoms with Gasteiger partial charge in [-0.2, -0.15) is 0 Å². The maximum absolute atomic E-state index is 11.8. The van der Waals surface area contributed by atoms with E-state index in [9.17, 15) is 8.42 Å². The first kappa shape index (κ1) is 18.1. The van der Waals surface area contributed by atoms with Gasteiger partial charge in [-0.25, -0.2) is 18.4 Å². The Bertz CT molecular complexity index is 882. The number of hydrogen-bond acceptors (Lipinski definition) is 6. The SMILES string of the molecule is Cc1nc(N(C)C[C@H]2CCCN(C)C2)nc2cc(S(C)(=O)=O)ccc12. The summed E-state index contributed by atoms with van der Waals surface area (Å²) in [6.45, 7) is 5.10. The first-order valence-corrected chi connectivity index (χ1v) is 10.5. The van der Waals surface area contributed by atoms with Gasteiger partial charge in [0, 0.05) is 31.8 Å². The van der Waals surface area contributed by atoms with Crippen LogP contribution in [-0.2, 0) is 9.84 Å². The minimum atomic E-state index is -3.25. The van der Waals surface area contributed by atoms with Crippen LogP contribution in [-0.4, -0.2) is 63.3 Å². The highest BCUT2D eigenvalue weighted by atomic mass is 32.2. The van der Waals surface area contributed by atoms with E-state index in [2.05, 4.69) is 26.8 Å². The largest absolute Gasteiger partial charge is 0.344 e. The van der Waals surface area contributed by atoms with Crippen LogP contribution in [0.4, 0.5) is 5.95 Å². The molecule has 1 aromatic heterocycles. The third-order valence-corrected chi connectivity index (χ3v) is 5.98. The second kappa shape index (κ2) is 6.88. The lowest BCUT2D eigenvalue weighted by molar-refractivity contribution is 0.213. The molecule has 1 fully saturated rings. The highest BCUT2D eigenvalue weighted by Crippen LogP contribution is 2.23. The summed E-state index contributed by atoms with van der Waals surface area (Å²) in [6.07, 6.45) is 3.67. The molecule has 0 saturated carbocycles. The zero-order valence-electron chi connectivity index (χ0n) is 15.4. The molecule has 3 rings (SSSR count). The fraction of sp³-hybridized carbons (Fsp3) is 0.556. The van der Waals surface area contributed by atoms with E-state index in [-0.39, 0.29) is 0 Å². The van der Waals surface area contributed by atoms with E-state index in [4.69, 9.17) is 0 Å². The molecule has 0 bridgehead atoms. The summed E-state index contributed by atoms with van der Waals surface area (Å²) in [7, 11) is 0.923. The number of anilines is 1. The molecule has 2 heterocycles. The molecule has 0 amide bonds. The van der Waals surface area contributed by atoms with Crippen LogP contribution in [0.25, 0.3) is 10.9 Å². The minimum absolute atomic E-state index is 0.292. The average Bonchev–Trinajstić information content (AvgIpc) is 2.53. The van der Waals surface area contributed by atoms with Gasteiger partial charge in [0.15, 0.2) is 9.84 Å². The molecule has 1 aliphatic heterocycles. The standard InChI is InChI=1S/C18H26N4O2S/c1-13-16-8-7-15(25(4,23)24)10-17(16)20-18(19-13)22(3)12-14-6-5-9-21(2)11-14/h7-8,10,14H,5-6,9,11-12H2,1-4H3/t14-/m0/s1. The van der Waals surface area contributed by atoms with Crippen molar-refractivity contribution in [1.29, 1.82) is 0 Å². The summed E-state index contributed by atoms with van der Waals surface area (Å²) in [5.41, 5.74) is 1.55. The summed E-state index contributed by atoms with van der Waals surface area (Å²) in [5, 5.41) is 0.891. The smallest absolute Gasteiger partial charge is 0.225 e. The van der Waals surface area contributed by atoms with Gasteiger partial charge in [-0.1, -0.05) is 0 Å². The van der Waals surface area contributed by atoms with Crippen molar-refractivity contribution in [2.24, 2.45) is 5.92 Å². The molecule has 0 N–H and O–H groups in total. The fourth-order valence-corrected chi connectivity index (χ4v) is 4.19. The van der Waals surface area contributed by atoms with Gasteiger partial charge in [0.25, 0.3) is 0 Å². The molecule has 1 saturated heterocycles. The Morgan fingerprint density at radius 1 is 1.32 bits per heavy atom. The number of benzene rings is 1.